The summed E-state index contributed by atoms with van der Waals surface area (Å²) in [7, 11) is 3.12. The fraction of sp³-hybridized carbons (Fsp3) is 0.174. The molecule has 0 aliphatic rings. The molecule has 2 aromatic carbocycles. The highest BCUT2D eigenvalue weighted by Crippen LogP contribution is 2.17. The van der Waals surface area contributed by atoms with E-state index < -0.39 is 22.9 Å². The maximum Gasteiger partial charge on any atom is 0.332 e. The number of rotatable bonds is 4. The molecule has 162 valence electrons. The monoisotopic (exact) mass is 453 g/mol. The lowest BCUT2D eigenvalue weighted by Crippen LogP contribution is -2.39. The summed E-state index contributed by atoms with van der Waals surface area (Å²) in [6.07, 6.45) is 0.485. The van der Waals surface area contributed by atoms with Crippen LogP contribution in [0.15, 0.2) is 52.1 Å². The smallest absolute Gasteiger partial charge is 0.332 e. The summed E-state index contributed by atoms with van der Waals surface area (Å²) < 4.78 is 34.1. The second kappa shape index (κ2) is 8.77. The van der Waals surface area contributed by atoms with Crippen molar-refractivity contribution in [2.75, 3.05) is 7.11 Å². The number of aromatic nitrogens is 3. The van der Waals surface area contributed by atoms with Crippen molar-refractivity contribution in [3.63, 3.8) is 0 Å². The predicted molar refractivity (Wildman–Crippen MR) is 118 cm³/mol. The first-order valence-corrected chi connectivity index (χ1v) is 10.3. The lowest BCUT2D eigenvalue weighted by molar-refractivity contribution is 0.414. The van der Waals surface area contributed by atoms with Gasteiger partial charge in [-0.1, -0.05) is 35.5 Å². The third-order valence-corrected chi connectivity index (χ3v) is 5.90. The van der Waals surface area contributed by atoms with Crippen LogP contribution in [-0.2, 0) is 20.0 Å². The van der Waals surface area contributed by atoms with Crippen LogP contribution < -0.4 is 16.0 Å². The molecule has 0 spiro atoms. The molecule has 0 aliphatic heterocycles. The maximum atomic E-state index is 13.5. The highest BCUT2D eigenvalue weighted by molar-refractivity contribution is 7.18. The summed E-state index contributed by atoms with van der Waals surface area (Å²) in [5, 5.41) is 0.409. The van der Waals surface area contributed by atoms with Gasteiger partial charge in [0.1, 0.15) is 10.6 Å². The van der Waals surface area contributed by atoms with E-state index in [4.69, 9.17) is 4.74 Å². The van der Waals surface area contributed by atoms with Gasteiger partial charge in [0.2, 0.25) is 0 Å². The Kier molecular flexibility index (Phi) is 5.88. The number of halogens is 2. The van der Waals surface area contributed by atoms with Gasteiger partial charge in [0.05, 0.1) is 13.7 Å². The van der Waals surface area contributed by atoms with E-state index in [9.17, 15) is 18.4 Å². The molecule has 4 aromatic rings. The minimum absolute atomic E-state index is 0.105. The molecule has 0 saturated heterocycles. The normalized spacial score (nSPS) is 10.8. The van der Waals surface area contributed by atoms with E-state index in [1.54, 1.807) is 7.11 Å². The van der Waals surface area contributed by atoms with E-state index in [1.165, 1.54) is 17.7 Å². The Balaban J connectivity index is 1.66. The minimum Gasteiger partial charge on any atom is -0.497 e. The van der Waals surface area contributed by atoms with Gasteiger partial charge in [-0.15, -0.1) is 0 Å². The SMILES string of the molecule is COc1ccc(CC#Cc2nc3c(=O)n(Cc4ccc(F)c(F)c4)c(=O)n(C)c3s2)cc1. The number of aryl methyl sites for hydroxylation is 1. The first kappa shape index (κ1) is 21.5. The number of methoxy groups -OCH3 is 1. The molecule has 4 rings (SSSR count). The van der Waals surface area contributed by atoms with Crippen molar-refractivity contribution < 1.29 is 13.5 Å². The fourth-order valence-electron chi connectivity index (χ4n) is 3.14. The molecule has 0 atom stereocenters. The number of ether oxygens (including phenoxy) is 1. The summed E-state index contributed by atoms with van der Waals surface area (Å²) in [5.74, 6) is 4.67. The van der Waals surface area contributed by atoms with Gasteiger partial charge in [0, 0.05) is 13.5 Å². The van der Waals surface area contributed by atoms with E-state index in [2.05, 4.69) is 16.8 Å². The number of thiazole rings is 1. The molecule has 2 aromatic heterocycles. The summed E-state index contributed by atoms with van der Waals surface area (Å²) in [5.41, 5.74) is 0.215. The zero-order valence-electron chi connectivity index (χ0n) is 17.2. The second-order valence-electron chi connectivity index (χ2n) is 6.98. The quantitative estimate of drug-likeness (QED) is 0.446. The van der Waals surface area contributed by atoms with Gasteiger partial charge in [0.25, 0.3) is 5.56 Å². The summed E-state index contributed by atoms with van der Waals surface area (Å²) in [6, 6.07) is 10.8. The molecular weight excluding hydrogens is 436 g/mol. The van der Waals surface area contributed by atoms with Crippen molar-refractivity contribution in [3.05, 3.63) is 91.1 Å². The van der Waals surface area contributed by atoms with Crippen molar-refractivity contribution in [2.45, 2.75) is 13.0 Å². The van der Waals surface area contributed by atoms with E-state index in [0.717, 1.165) is 39.3 Å². The van der Waals surface area contributed by atoms with Crippen LogP contribution in [-0.4, -0.2) is 21.2 Å². The lowest BCUT2D eigenvalue weighted by atomic mass is 10.1. The van der Waals surface area contributed by atoms with Gasteiger partial charge in [-0.25, -0.2) is 18.6 Å². The Morgan fingerprint density at radius 2 is 1.78 bits per heavy atom. The number of benzene rings is 2. The highest BCUT2D eigenvalue weighted by atomic mass is 32.1. The topological polar surface area (TPSA) is 66.1 Å². The average molecular weight is 453 g/mol. The van der Waals surface area contributed by atoms with Crippen LogP contribution in [0.5, 0.6) is 5.75 Å². The summed E-state index contributed by atoms with van der Waals surface area (Å²) in [6.45, 7) is -0.200. The average Bonchev–Trinajstić information content (AvgIpc) is 3.22. The predicted octanol–water partition coefficient (Wildman–Crippen LogP) is 3.09. The van der Waals surface area contributed by atoms with Crippen LogP contribution in [0.1, 0.15) is 16.1 Å². The summed E-state index contributed by atoms with van der Waals surface area (Å²) in [4.78, 5) is 30.3. The lowest BCUT2D eigenvalue weighted by Gasteiger charge is -2.08. The van der Waals surface area contributed by atoms with Crippen molar-refractivity contribution in [2.24, 2.45) is 7.05 Å². The van der Waals surface area contributed by atoms with Crippen molar-refractivity contribution in [1.82, 2.24) is 14.1 Å². The first-order chi connectivity index (χ1) is 15.4. The number of hydrogen-bond acceptors (Lipinski definition) is 5. The van der Waals surface area contributed by atoms with Gasteiger partial charge in [-0.3, -0.25) is 13.9 Å². The molecule has 9 heteroatoms. The van der Waals surface area contributed by atoms with Gasteiger partial charge in [0.15, 0.2) is 22.2 Å². The standard InChI is InChI=1S/C23H17F2N3O3S/c1-27-22-20(21(29)28(23(27)30)13-15-8-11-17(24)18(25)12-15)26-19(32-22)5-3-4-14-6-9-16(31-2)10-7-14/h6-12H,4,13H2,1-2H3. The second-order valence-corrected chi connectivity index (χ2v) is 7.96. The van der Waals surface area contributed by atoms with E-state index >= 15 is 0 Å². The van der Waals surface area contributed by atoms with Crippen LogP contribution >= 0.6 is 11.3 Å². The van der Waals surface area contributed by atoms with Crippen LogP contribution in [0.2, 0.25) is 0 Å². The van der Waals surface area contributed by atoms with Crippen molar-refractivity contribution in [3.8, 4) is 17.6 Å². The molecule has 6 nitrogen and oxygen atoms in total. The van der Waals surface area contributed by atoms with Gasteiger partial charge in [-0.05, 0) is 41.3 Å². The zero-order chi connectivity index (χ0) is 22.8. The van der Waals surface area contributed by atoms with E-state index in [1.807, 2.05) is 24.3 Å². The Hall–Kier alpha value is -3.77. The Morgan fingerprint density at radius 3 is 2.47 bits per heavy atom. The van der Waals surface area contributed by atoms with Gasteiger partial charge in [-0.2, -0.15) is 0 Å². The van der Waals surface area contributed by atoms with E-state index in [0.29, 0.717) is 16.3 Å². The third kappa shape index (κ3) is 4.18. The molecule has 0 radical (unpaired) electrons. The Labute approximate surface area is 185 Å². The molecule has 0 saturated carbocycles. The van der Waals surface area contributed by atoms with Gasteiger partial charge >= 0.3 is 5.69 Å². The molecule has 0 amide bonds. The number of fused-ring (bicyclic) bond motifs is 1. The van der Waals surface area contributed by atoms with Crippen LogP contribution in [0.25, 0.3) is 10.3 Å². The third-order valence-electron chi connectivity index (χ3n) is 4.85. The molecule has 0 N–H and O–H groups in total. The molecule has 0 bridgehead atoms. The molecule has 32 heavy (non-hydrogen) atoms. The maximum absolute atomic E-state index is 13.5. The fourth-order valence-corrected chi connectivity index (χ4v) is 4.03. The molecule has 0 fully saturated rings. The number of nitrogens with zero attached hydrogens (tertiary/aromatic N) is 3. The molecular formula is C23H17F2N3O3S. The Bertz CT molecular complexity index is 1490. The minimum atomic E-state index is -1.04. The van der Waals surface area contributed by atoms with Gasteiger partial charge < -0.3 is 4.74 Å². The number of hydrogen-bond donors (Lipinski definition) is 0. The van der Waals surface area contributed by atoms with E-state index in [-0.39, 0.29) is 17.6 Å². The molecule has 2 heterocycles. The largest absolute Gasteiger partial charge is 0.497 e. The first-order valence-electron chi connectivity index (χ1n) is 9.53. The summed E-state index contributed by atoms with van der Waals surface area (Å²) >= 11 is 1.15. The van der Waals surface area contributed by atoms with Crippen LogP contribution in [0.4, 0.5) is 8.78 Å². The van der Waals surface area contributed by atoms with Crippen LogP contribution in [0, 0.1) is 23.5 Å². The molecule has 0 unspecified atom stereocenters. The van der Waals surface area contributed by atoms with Crippen molar-refractivity contribution >= 4 is 21.7 Å². The highest BCUT2D eigenvalue weighted by Gasteiger charge is 2.16. The molecule has 0 aliphatic carbocycles. The zero-order valence-corrected chi connectivity index (χ0v) is 18.0. The van der Waals surface area contributed by atoms with Crippen LogP contribution in [0.3, 0.4) is 0 Å². The Morgan fingerprint density at radius 1 is 1.06 bits per heavy atom. The van der Waals surface area contributed by atoms with Crippen molar-refractivity contribution in [1.29, 1.82) is 0 Å².